The van der Waals surface area contributed by atoms with Crippen LogP contribution in [-0.4, -0.2) is 42.3 Å². The zero-order chi connectivity index (χ0) is 13.3. The summed E-state index contributed by atoms with van der Waals surface area (Å²) in [6.45, 7) is 12.3. The third kappa shape index (κ3) is 2.89. The molecule has 4 atom stereocenters. The van der Waals surface area contributed by atoms with Crippen LogP contribution in [0.25, 0.3) is 0 Å². The van der Waals surface area contributed by atoms with Gasteiger partial charge in [-0.15, -0.1) is 0 Å². The Morgan fingerprint density at radius 1 is 1.06 bits per heavy atom. The van der Waals surface area contributed by atoms with Crippen molar-refractivity contribution in [3.63, 3.8) is 0 Å². The summed E-state index contributed by atoms with van der Waals surface area (Å²) in [5, 5.41) is 0. The fourth-order valence-corrected chi connectivity index (χ4v) is 4.25. The molecular weight excluding hydrogens is 224 g/mol. The molecule has 0 spiro atoms. The van der Waals surface area contributed by atoms with Gasteiger partial charge in [0.2, 0.25) is 0 Å². The maximum absolute atomic E-state index is 6.19. The molecule has 3 heteroatoms. The summed E-state index contributed by atoms with van der Waals surface area (Å²) >= 11 is 0. The Hall–Kier alpha value is -0.120. The molecule has 4 unspecified atom stereocenters. The van der Waals surface area contributed by atoms with Gasteiger partial charge in [-0.05, 0) is 44.9 Å². The summed E-state index contributed by atoms with van der Waals surface area (Å²) in [7, 11) is 0. The highest BCUT2D eigenvalue weighted by Crippen LogP contribution is 2.37. The molecule has 2 N–H and O–H groups in total. The third-order valence-corrected chi connectivity index (χ3v) is 4.72. The zero-order valence-corrected chi connectivity index (χ0v) is 12.5. The molecule has 106 valence electrons. The van der Waals surface area contributed by atoms with Crippen molar-refractivity contribution in [3.05, 3.63) is 0 Å². The second kappa shape index (κ2) is 5.48. The summed E-state index contributed by atoms with van der Waals surface area (Å²) in [4.78, 5) is 2.68. The van der Waals surface area contributed by atoms with E-state index in [2.05, 4.69) is 32.6 Å². The van der Waals surface area contributed by atoms with Gasteiger partial charge in [0.15, 0.2) is 0 Å². The fraction of sp³-hybridized carbons (Fsp3) is 1.00. The fourth-order valence-electron chi connectivity index (χ4n) is 4.25. The van der Waals surface area contributed by atoms with Crippen molar-refractivity contribution >= 4 is 0 Å². The van der Waals surface area contributed by atoms with E-state index in [1.54, 1.807) is 0 Å². The van der Waals surface area contributed by atoms with Crippen LogP contribution >= 0.6 is 0 Å². The smallest absolute Gasteiger partial charge is 0.0568 e. The molecule has 2 aliphatic heterocycles. The van der Waals surface area contributed by atoms with Gasteiger partial charge in [0.05, 0.1) is 12.2 Å². The van der Waals surface area contributed by atoms with Crippen LogP contribution in [0.4, 0.5) is 0 Å². The molecule has 18 heavy (non-hydrogen) atoms. The van der Waals surface area contributed by atoms with Gasteiger partial charge in [-0.25, -0.2) is 0 Å². The molecule has 2 saturated heterocycles. The summed E-state index contributed by atoms with van der Waals surface area (Å²) in [6, 6.07) is 0. The minimum absolute atomic E-state index is 0.181. The summed E-state index contributed by atoms with van der Waals surface area (Å²) in [6.07, 6.45) is 4.22. The average Bonchev–Trinajstić information content (AvgIpc) is 2.26. The number of likely N-dealkylation sites (tertiary alicyclic amines) is 1. The number of hydrogen-bond donors (Lipinski definition) is 1. The third-order valence-electron chi connectivity index (χ3n) is 4.72. The molecule has 0 bridgehead atoms. The van der Waals surface area contributed by atoms with Crippen LogP contribution < -0.4 is 5.73 Å². The first-order valence-corrected chi connectivity index (χ1v) is 7.56. The Balaban J connectivity index is 2.15. The maximum atomic E-state index is 6.19. The first-order chi connectivity index (χ1) is 8.45. The molecule has 0 aliphatic carbocycles. The second-order valence-corrected chi connectivity index (χ2v) is 6.95. The predicted octanol–water partition coefficient (Wildman–Crippen LogP) is 2.25. The average molecular weight is 254 g/mol. The van der Waals surface area contributed by atoms with Crippen LogP contribution in [0.15, 0.2) is 0 Å². The van der Waals surface area contributed by atoms with Gasteiger partial charge >= 0.3 is 0 Å². The molecule has 0 aromatic rings. The minimum atomic E-state index is 0.181. The Kier molecular flexibility index (Phi) is 4.35. The molecule has 3 nitrogen and oxygen atoms in total. The Morgan fingerprint density at radius 2 is 1.56 bits per heavy atom. The van der Waals surface area contributed by atoms with E-state index in [4.69, 9.17) is 10.5 Å². The normalized spacial score (nSPS) is 47.2. The maximum Gasteiger partial charge on any atom is 0.0568 e. The number of piperidine rings is 1. The van der Waals surface area contributed by atoms with Crippen LogP contribution in [-0.2, 0) is 4.74 Å². The lowest BCUT2D eigenvalue weighted by Crippen LogP contribution is -2.62. The SMILES string of the molecule is CC1CC(C)CN(C2(CN)CC(C)OC(C)C2)C1. The van der Waals surface area contributed by atoms with Crippen LogP contribution in [0, 0.1) is 11.8 Å². The van der Waals surface area contributed by atoms with E-state index >= 15 is 0 Å². The lowest BCUT2D eigenvalue weighted by atomic mass is 9.79. The van der Waals surface area contributed by atoms with E-state index in [0.717, 1.165) is 31.2 Å². The number of hydrogen-bond acceptors (Lipinski definition) is 3. The van der Waals surface area contributed by atoms with Gasteiger partial charge in [-0.3, -0.25) is 4.90 Å². The minimum Gasteiger partial charge on any atom is -0.375 e. The predicted molar refractivity (Wildman–Crippen MR) is 75.5 cm³/mol. The number of nitrogens with zero attached hydrogens (tertiary/aromatic N) is 1. The van der Waals surface area contributed by atoms with Gasteiger partial charge in [0.25, 0.3) is 0 Å². The van der Waals surface area contributed by atoms with Gasteiger partial charge in [-0.2, -0.15) is 0 Å². The van der Waals surface area contributed by atoms with Crippen LogP contribution in [0.3, 0.4) is 0 Å². The number of rotatable bonds is 2. The Labute approximate surface area is 112 Å². The second-order valence-electron chi connectivity index (χ2n) is 6.95. The number of ether oxygens (including phenoxy) is 1. The lowest BCUT2D eigenvalue weighted by molar-refractivity contribution is -0.114. The number of nitrogens with two attached hydrogens (primary N) is 1. The summed E-state index contributed by atoms with van der Waals surface area (Å²) < 4.78 is 5.91. The van der Waals surface area contributed by atoms with E-state index in [0.29, 0.717) is 12.2 Å². The lowest BCUT2D eigenvalue weighted by Gasteiger charge is -2.52. The first kappa shape index (κ1) is 14.3. The molecule has 2 aliphatic rings. The molecule has 0 saturated carbocycles. The van der Waals surface area contributed by atoms with Crippen molar-refractivity contribution in [2.75, 3.05) is 19.6 Å². The first-order valence-electron chi connectivity index (χ1n) is 7.56. The summed E-state index contributed by atoms with van der Waals surface area (Å²) in [5.41, 5.74) is 6.37. The Morgan fingerprint density at radius 3 is 2.00 bits per heavy atom. The quantitative estimate of drug-likeness (QED) is 0.821. The molecule has 0 aromatic carbocycles. The van der Waals surface area contributed by atoms with E-state index in [9.17, 15) is 0 Å². The van der Waals surface area contributed by atoms with E-state index < -0.39 is 0 Å². The van der Waals surface area contributed by atoms with Gasteiger partial charge < -0.3 is 10.5 Å². The molecule has 2 fully saturated rings. The van der Waals surface area contributed by atoms with E-state index in [-0.39, 0.29) is 5.54 Å². The van der Waals surface area contributed by atoms with Gasteiger partial charge in [0.1, 0.15) is 0 Å². The highest BCUT2D eigenvalue weighted by molar-refractivity contribution is 4.99. The molecule has 0 amide bonds. The van der Waals surface area contributed by atoms with E-state index in [1.807, 2.05) is 0 Å². The van der Waals surface area contributed by atoms with Crippen LogP contribution in [0.5, 0.6) is 0 Å². The van der Waals surface area contributed by atoms with Crippen LogP contribution in [0.1, 0.15) is 47.0 Å². The molecule has 2 heterocycles. The molecular formula is C15H30N2O. The van der Waals surface area contributed by atoms with E-state index in [1.165, 1.54) is 19.5 Å². The van der Waals surface area contributed by atoms with Crippen molar-refractivity contribution in [1.82, 2.24) is 4.90 Å². The Bertz CT molecular complexity index is 262. The highest BCUT2D eigenvalue weighted by atomic mass is 16.5. The summed E-state index contributed by atoms with van der Waals surface area (Å²) in [5.74, 6) is 1.59. The van der Waals surface area contributed by atoms with Gasteiger partial charge in [0, 0.05) is 25.2 Å². The van der Waals surface area contributed by atoms with Crippen molar-refractivity contribution in [2.45, 2.75) is 64.7 Å². The molecule has 0 radical (unpaired) electrons. The molecule has 0 aromatic heterocycles. The van der Waals surface area contributed by atoms with Gasteiger partial charge in [-0.1, -0.05) is 13.8 Å². The largest absolute Gasteiger partial charge is 0.375 e. The highest BCUT2D eigenvalue weighted by Gasteiger charge is 2.44. The topological polar surface area (TPSA) is 38.5 Å². The monoisotopic (exact) mass is 254 g/mol. The standard InChI is InChI=1S/C15H30N2O/c1-11-5-12(2)9-17(8-11)15(10-16)6-13(3)18-14(4)7-15/h11-14H,5-10,16H2,1-4H3. The van der Waals surface area contributed by atoms with Crippen molar-refractivity contribution in [1.29, 1.82) is 0 Å². The zero-order valence-electron chi connectivity index (χ0n) is 12.5. The van der Waals surface area contributed by atoms with Crippen molar-refractivity contribution < 1.29 is 4.74 Å². The van der Waals surface area contributed by atoms with Crippen molar-refractivity contribution in [2.24, 2.45) is 17.6 Å². The van der Waals surface area contributed by atoms with Crippen molar-refractivity contribution in [3.8, 4) is 0 Å². The molecule has 2 rings (SSSR count). The van der Waals surface area contributed by atoms with Crippen LogP contribution in [0.2, 0.25) is 0 Å².